The number of likely N-dealkylation sites (tertiary alicyclic amines) is 1. The van der Waals surface area contributed by atoms with Crippen molar-refractivity contribution >= 4 is 19.4 Å². The summed E-state index contributed by atoms with van der Waals surface area (Å²) in [5, 5.41) is 3.95. The van der Waals surface area contributed by atoms with Crippen LogP contribution in [0.15, 0.2) is 0 Å². The zero-order valence-corrected chi connectivity index (χ0v) is 16.4. The number of hydrogen-bond acceptors (Lipinski definition) is 2. The summed E-state index contributed by atoms with van der Waals surface area (Å²) in [5.41, 5.74) is -0.389. The molecule has 1 amide bonds. The van der Waals surface area contributed by atoms with E-state index in [-0.39, 0.29) is 11.7 Å². The van der Waals surface area contributed by atoms with Gasteiger partial charge in [0, 0.05) is 0 Å². The van der Waals surface area contributed by atoms with Crippen molar-refractivity contribution in [2.24, 2.45) is 0 Å². The van der Waals surface area contributed by atoms with E-state index in [1.54, 1.807) is 0 Å². The average molecular weight is 344 g/mol. The van der Waals surface area contributed by atoms with Crippen LogP contribution in [0, 0.1) is 0 Å². The molecule has 0 aromatic carbocycles. The molecular weight excluding hydrogens is 311 g/mol. The minimum atomic E-state index is -1.97. The van der Waals surface area contributed by atoms with Gasteiger partial charge in [-0.25, -0.2) is 0 Å². The topological polar surface area (TPSA) is 29.5 Å². The van der Waals surface area contributed by atoms with Gasteiger partial charge in [0.2, 0.25) is 0 Å². The van der Waals surface area contributed by atoms with Gasteiger partial charge in [-0.1, -0.05) is 0 Å². The van der Waals surface area contributed by atoms with E-state index >= 15 is 0 Å². The van der Waals surface area contributed by atoms with Crippen molar-refractivity contribution in [1.29, 1.82) is 0 Å². The van der Waals surface area contributed by atoms with Crippen molar-refractivity contribution in [3.05, 3.63) is 0 Å². The summed E-state index contributed by atoms with van der Waals surface area (Å²) in [5.74, 6) is 0. The van der Waals surface area contributed by atoms with E-state index in [1.807, 2.05) is 20.8 Å². The Labute approximate surface area is 127 Å². The number of piperidine rings is 1. The van der Waals surface area contributed by atoms with Gasteiger partial charge < -0.3 is 0 Å². The Morgan fingerprint density at radius 1 is 1.15 bits per heavy atom. The van der Waals surface area contributed by atoms with Crippen molar-refractivity contribution in [2.45, 2.75) is 87.0 Å². The molecule has 1 fully saturated rings. The summed E-state index contributed by atoms with van der Waals surface area (Å²) >= 11 is -1.97. The molecule has 20 heavy (non-hydrogen) atoms. The number of carbonyl (C=O) groups is 1. The molecule has 3 nitrogen and oxygen atoms in total. The molecule has 1 saturated heterocycles. The summed E-state index contributed by atoms with van der Waals surface area (Å²) in [6, 6.07) is 0. The van der Waals surface area contributed by atoms with E-state index in [0.29, 0.717) is 4.87 Å². The molecule has 1 unspecified atom stereocenters. The third-order valence-electron chi connectivity index (χ3n) is 4.95. The normalized spacial score (nSPS) is 20.9. The fourth-order valence-electron chi connectivity index (χ4n) is 3.56. The Balaban J connectivity index is 2.94. The monoisotopic (exact) mass is 345 g/mol. The van der Waals surface area contributed by atoms with Crippen LogP contribution in [0.4, 0.5) is 4.79 Å². The molecule has 0 saturated carbocycles. The van der Waals surface area contributed by atoms with Crippen LogP contribution in [-0.2, 0) is 4.74 Å². The van der Waals surface area contributed by atoms with Gasteiger partial charge >= 0.3 is 127 Å². The summed E-state index contributed by atoms with van der Waals surface area (Å²) in [7, 11) is 0. The summed E-state index contributed by atoms with van der Waals surface area (Å²) in [6.07, 6.45) is 3.53. The second kappa shape index (κ2) is 7.19. The third kappa shape index (κ3) is 4.15. The first-order chi connectivity index (χ1) is 9.29. The van der Waals surface area contributed by atoms with Crippen molar-refractivity contribution in [3.8, 4) is 0 Å². The van der Waals surface area contributed by atoms with E-state index in [1.165, 1.54) is 28.6 Å². The van der Waals surface area contributed by atoms with Crippen LogP contribution in [0.1, 0.15) is 60.8 Å². The Morgan fingerprint density at radius 3 is 2.15 bits per heavy atom. The first kappa shape index (κ1) is 17.9. The summed E-state index contributed by atoms with van der Waals surface area (Å²) in [4.78, 5) is 15.2. The molecule has 0 aromatic heterocycles. The Hall–Kier alpha value is -0.187. The van der Waals surface area contributed by atoms with Crippen molar-refractivity contribution in [2.75, 3.05) is 6.54 Å². The molecule has 4 heteroatoms. The van der Waals surface area contributed by atoms with Crippen LogP contribution in [0.25, 0.3) is 0 Å². The van der Waals surface area contributed by atoms with Crippen molar-refractivity contribution < 1.29 is 9.53 Å². The fourth-order valence-corrected chi connectivity index (χ4v) is 13.3. The average Bonchev–Trinajstić information content (AvgIpc) is 2.40. The molecular formula is C16H33GeNO2. The van der Waals surface area contributed by atoms with Crippen LogP contribution >= 0.6 is 0 Å². The molecule has 1 atom stereocenters. The van der Waals surface area contributed by atoms with Crippen molar-refractivity contribution in [1.82, 2.24) is 4.90 Å². The van der Waals surface area contributed by atoms with Gasteiger partial charge in [-0.05, 0) is 0 Å². The maximum absolute atomic E-state index is 12.6. The first-order valence-electron chi connectivity index (χ1n) is 8.29. The zero-order chi connectivity index (χ0) is 15.4. The number of nitrogens with zero attached hydrogens (tertiary/aromatic N) is 1. The van der Waals surface area contributed by atoms with Crippen LogP contribution < -0.4 is 0 Å². The van der Waals surface area contributed by atoms with Gasteiger partial charge in [-0.2, -0.15) is 0 Å². The second-order valence-corrected chi connectivity index (χ2v) is 18.7. The molecule has 0 spiro atoms. The molecule has 118 valence electrons. The van der Waals surface area contributed by atoms with Gasteiger partial charge in [0.1, 0.15) is 0 Å². The zero-order valence-electron chi connectivity index (χ0n) is 14.3. The number of carbonyl (C=O) groups excluding carboxylic acids is 1. The predicted molar refractivity (Wildman–Crippen MR) is 87.8 cm³/mol. The van der Waals surface area contributed by atoms with Gasteiger partial charge in [0.15, 0.2) is 0 Å². The van der Waals surface area contributed by atoms with Crippen LogP contribution in [0.5, 0.6) is 0 Å². The molecule has 0 radical (unpaired) electrons. The molecule has 1 aliphatic heterocycles. The standard InChI is InChI=1S/C16H33GeNO2/c1-7-17(8-2,9-3)14-12-10-11-13-18(14)15(19)20-16(4,5)6/h14H,7-13H2,1-6H3. The van der Waals surface area contributed by atoms with Gasteiger partial charge in [-0.3, -0.25) is 0 Å². The first-order valence-corrected chi connectivity index (χ1v) is 14.0. The fraction of sp³-hybridized carbons (Fsp3) is 0.938. The molecule has 0 N–H and O–H groups in total. The van der Waals surface area contributed by atoms with Gasteiger partial charge in [-0.15, -0.1) is 0 Å². The van der Waals surface area contributed by atoms with Gasteiger partial charge in [0.05, 0.1) is 0 Å². The van der Waals surface area contributed by atoms with E-state index in [9.17, 15) is 4.79 Å². The molecule has 1 aliphatic rings. The van der Waals surface area contributed by atoms with Crippen LogP contribution in [0.2, 0.25) is 15.8 Å². The Morgan fingerprint density at radius 2 is 1.70 bits per heavy atom. The second-order valence-electron chi connectivity index (χ2n) is 7.11. The Kier molecular flexibility index (Phi) is 6.42. The van der Waals surface area contributed by atoms with E-state index in [4.69, 9.17) is 4.74 Å². The third-order valence-corrected chi connectivity index (χ3v) is 18.0. The summed E-state index contributed by atoms with van der Waals surface area (Å²) < 4.78 is 5.65. The molecule has 0 aliphatic carbocycles. The van der Waals surface area contributed by atoms with E-state index < -0.39 is 13.3 Å². The summed E-state index contributed by atoms with van der Waals surface area (Å²) in [6.45, 7) is 13.8. The number of rotatable bonds is 4. The van der Waals surface area contributed by atoms with Crippen molar-refractivity contribution in [3.63, 3.8) is 0 Å². The predicted octanol–water partition coefficient (Wildman–Crippen LogP) is 4.82. The molecule has 0 aromatic rings. The van der Waals surface area contributed by atoms with E-state index in [2.05, 4.69) is 25.7 Å². The minimum absolute atomic E-state index is 0.0763. The number of amides is 1. The number of hydrogen-bond donors (Lipinski definition) is 0. The molecule has 1 heterocycles. The Bertz CT molecular complexity index is 313. The molecule has 0 bridgehead atoms. The van der Waals surface area contributed by atoms with E-state index in [0.717, 1.165) is 13.0 Å². The quantitative estimate of drug-likeness (QED) is 0.684. The van der Waals surface area contributed by atoms with Crippen LogP contribution in [-0.4, -0.2) is 41.3 Å². The molecule has 1 rings (SSSR count). The SMILES string of the molecule is C[CH2][Ge]([CH2]C)([CH2]C)[CH]1CCCCN1C(=O)OC(C)(C)C. The number of ether oxygens (including phenoxy) is 1. The maximum atomic E-state index is 12.6. The van der Waals surface area contributed by atoms with Crippen LogP contribution in [0.3, 0.4) is 0 Å². The van der Waals surface area contributed by atoms with Gasteiger partial charge in [0.25, 0.3) is 0 Å².